The Morgan fingerprint density at radius 1 is 0.947 bits per heavy atom. The van der Waals surface area contributed by atoms with Crippen molar-refractivity contribution in [2.45, 2.75) is 26.7 Å². The molecule has 1 aromatic rings. The van der Waals surface area contributed by atoms with Gasteiger partial charge in [-0.05, 0) is 26.2 Å². The number of benzene rings is 1. The Hall–Kier alpha value is -1.30. The molecule has 0 saturated heterocycles. The van der Waals surface area contributed by atoms with E-state index in [4.69, 9.17) is 14.2 Å². The standard InChI is InChI=1S/C14H22N2O3/c1-5-15(3)13-17-11-8-7-9-12(10-11)18-14(19-13)16(4)6-2/h7-10,13-14H,5-6H2,1-4H3. The Morgan fingerprint density at radius 3 is 1.84 bits per heavy atom. The summed E-state index contributed by atoms with van der Waals surface area (Å²) in [5, 5.41) is 0. The normalized spacial score (nSPS) is 22.6. The molecule has 106 valence electrons. The van der Waals surface area contributed by atoms with Crippen LogP contribution in [-0.4, -0.2) is 49.8 Å². The van der Waals surface area contributed by atoms with Crippen LogP contribution in [0, 0.1) is 0 Å². The average molecular weight is 266 g/mol. The molecule has 1 aliphatic rings. The van der Waals surface area contributed by atoms with Gasteiger partial charge in [-0.15, -0.1) is 0 Å². The molecule has 0 spiro atoms. The van der Waals surface area contributed by atoms with E-state index in [0.29, 0.717) is 0 Å². The highest BCUT2D eigenvalue weighted by Crippen LogP contribution is 2.26. The van der Waals surface area contributed by atoms with Gasteiger partial charge in [0.1, 0.15) is 11.5 Å². The van der Waals surface area contributed by atoms with Crippen LogP contribution in [0.5, 0.6) is 11.5 Å². The van der Waals surface area contributed by atoms with E-state index in [-0.39, 0.29) is 0 Å². The second kappa shape index (κ2) is 6.23. The van der Waals surface area contributed by atoms with Crippen molar-refractivity contribution >= 4 is 0 Å². The summed E-state index contributed by atoms with van der Waals surface area (Å²) in [4.78, 5) is 3.97. The number of hydrogen-bond acceptors (Lipinski definition) is 5. The van der Waals surface area contributed by atoms with Crippen LogP contribution in [0.25, 0.3) is 0 Å². The van der Waals surface area contributed by atoms with Crippen molar-refractivity contribution in [1.82, 2.24) is 9.80 Å². The molecule has 0 amide bonds. The molecular weight excluding hydrogens is 244 g/mol. The number of nitrogens with zero attached hydrogens (tertiary/aromatic N) is 2. The van der Waals surface area contributed by atoms with Gasteiger partial charge < -0.3 is 9.47 Å². The maximum absolute atomic E-state index is 5.93. The van der Waals surface area contributed by atoms with Crippen molar-refractivity contribution in [3.8, 4) is 11.5 Å². The van der Waals surface area contributed by atoms with E-state index >= 15 is 0 Å². The maximum atomic E-state index is 5.93. The molecule has 1 heterocycles. The summed E-state index contributed by atoms with van der Waals surface area (Å²) in [6.45, 7) is 5.77. The summed E-state index contributed by atoms with van der Waals surface area (Å²) in [5.74, 6) is 1.50. The largest absolute Gasteiger partial charge is 0.451 e. The molecule has 5 nitrogen and oxygen atoms in total. The quantitative estimate of drug-likeness (QED) is 0.832. The highest BCUT2D eigenvalue weighted by Gasteiger charge is 2.27. The fourth-order valence-electron chi connectivity index (χ4n) is 1.69. The molecule has 2 atom stereocenters. The Morgan fingerprint density at radius 2 is 1.42 bits per heavy atom. The van der Waals surface area contributed by atoms with E-state index < -0.39 is 12.8 Å². The van der Waals surface area contributed by atoms with Crippen LogP contribution in [0.2, 0.25) is 0 Å². The summed E-state index contributed by atoms with van der Waals surface area (Å²) in [7, 11) is 3.91. The van der Waals surface area contributed by atoms with Crippen LogP contribution >= 0.6 is 0 Å². The van der Waals surface area contributed by atoms with Crippen LogP contribution in [0.3, 0.4) is 0 Å². The SMILES string of the molecule is CCN(C)C1Oc2cccc(c2)OC(N(C)CC)O1. The van der Waals surface area contributed by atoms with Gasteiger partial charge in [-0.3, -0.25) is 4.74 Å². The third-order valence-electron chi connectivity index (χ3n) is 3.23. The van der Waals surface area contributed by atoms with Gasteiger partial charge in [0.2, 0.25) is 0 Å². The summed E-state index contributed by atoms with van der Waals surface area (Å²) < 4.78 is 17.7. The van der Waals surface area contributed by atoms with E-state index in [0.717, 1.165) is 24.6 Å². The van der Waals surface area contributed by atoms with Crippen LogP contribution in [0.1, 0.15) is 13.8 Å². The lowest BCUT2D eigenvalue weighted by Gasteiger charge is -2.35. The second-order valence-electron chi connectivity index (χ2n) is 4.61. The first-order valence-corrected chi connectivity index (χ1v) is 6.63. The number of rotatable bonds is 4. The minimum atomic E-state index is -0.459. The third-order valence-corrected chi connectivity index (χ3v) is 3.23. The number of ether oxygens (including phenoxy) is 3. The van der Waals surface area contributed by atoms with Gasteiger partial charge in [-0.25, -0.2) is 9.80 Å². The summed E-state index contributed by atoms with van der Waals surface area (Å²) in [6.07, 6.45) is -0.918. The molecule has 0 saturated carbocycles. The van der Waals surface area contributed by atoms with Crippen LogP contribution in [-0.2, 0) is 4.74 Å². The molecule has 2 bridgehead atoms. The predicted octanol–water partition coefficient (Wildman–Crippen LogP) is 1.95. The molecule has 2 unspecified atom stereocenters. The first-order valence-electron chi connectivity index (χ1n) is 6.63. The topological polar surface area (TPSA) is 34.2 Å². The van der Waals surface area contributed by atoms with Gasteiger partial charge in [0, 0.05) is 19.2 Å². The molecule has 2 rings (SSSR count). The minimum absolute atomic E-state index is 0.459. The monoisotopic (exact) mass is 266 g/mol. The summed E-state index contributed by atoms with van der Waals surface area (Å²) in [6, 6.07) is 7.60. The first kappa shape index (κ1) is 14.1. The predicted molar refractivity (Wildman–Crippen MR) is 73.0 cm³/mol. The molecule has 5 heteroatoms. The lowest BCUT2D eigenvalue weighted by atomic mass is 10.3. The zero-order chi connectivity index (χ0) is 13.8. The van der Waals surface area contributed by atoms with Gasteiger partial charge in [0.05, 0.1) is 0 Å². The van der Waals surface area contributed by atoms with E-state index in [1.165, 1.54) is 0 Å². The lowest BCUT2D eigenvalue weighted by molar-refractivity contribution is -0.281. The van der Waals surface area contributed by atoms with E-state index in [2.05, 4.69) is 13.8 Å². The fraction of sp³-hybridized carbons (Fsp3) is 0.571. The van der Waals surface area contributed by atoms with Crippen molar-refractivity contribution in [2.75, 3.05) is 27.2 Å². The molecule has 1 aliphatic heterocycles. The molecule has 0 radical (unpaired) electrons. The van der Waals surface area contributed by atoms with Crippen molar-refractivity contribution in [1.29, 1.82) is 0 Å². The highest BCUT2D eigenvalue weighted by molar-refractivity contribution is 5.33. The van der Waals surface area contributed by atoms with Gasteiger partial charge in [-0.1, -0.05) is 19.9 Å². The lowest BCUT2D eigenvalue weighted by Crippen LogP contribution is -2.48. The molecule has 1 aromatic carbocycles. The van der Waals surface area contributed by atoms with E-state index in [9.17, 15) is 0 Å². The number of hydrogen-bond donors (Lipinski definition) is 0. The van der Waals surface area contributed by atoms with E-state index in [1.807, 2.05) is 48.2 Å². The van der Waals surface area contributed by atoms with Gasteiger partial charge in [0.15, 0.2) is 0 Å². The molecular formula is C14H22N2O3. The average Bonchev–Trinajstić information content (AvgIpc) is 2.43. The van der Waals surface area contributed by atoms with Crippen LogP contribution < -0.4 is 9.47 Å². The molecule has 19 heavy (non-hydrogen) atoms. The summed E-state index contributed by atoms with van der Waals surface area (Å²) in [5.41, 5.74) is 0. The Labute approximate surface area is 114 Å². The number of fused-ring (bicyclic) bond motifs is 2. The molecule has 0 aromatic heterocycles. The summed E-state index contributed by atoms with van der Waals surface area (Å²) >= 11 is 0. The molecule has 0 fully saturated rings. The van der Waals surface area contributed by atoms with Crippen molar-refractivity contribution in [3.05, 3.63) is 24.3 Å². The molecule has 0 aliphatic carbocycles. The van der Waals surface area contributed by atoms with Crippen LogP contribution in [0.4, 0.5) is 0 Å². The minimum Gasteiger partial charge on any atom is -0.451 e. The zero-order valence-corrected chi connectivity index (χ0v) is 12.0. The Bertz CT molecular complexity index is 380. The third kappa shape index (κ3) is 3.37. The van der Waals surface area contributed by atoms with Gasteiger partial charge in [-0.2, -0.15) is 0 Å². The maximum Gasteiger partial charge on any atom is 0.265 e. The van der Waals surface area contributed by atoms with Crippen molar-refractivity contribution in [3.63, 3.8) is 0 Å². The van der Waals surface area contributed by atoms with Gasteiger partial charge in [0.25, 0.3) is 12.8 Å². The van der Waals surface area contributed by atoms with E-state index in [1.54, 1.807) is 0 Å². The zero-order valence-electron chi connectivity index (χ0n) is 12.0. The van der Waals surface area contributed by atoms with Gasteiger partial charge >= 0.3 is 0 Å². The Balaban J connectivity index is 2.25. The molecule has 0 N–H and O–H groups in total. The fourth-order valence-corrected chi connectivity index (χ4v) is 1.69. The Kier molecular flexibility index (Phi) is 4.63. The van der Waals surface area contributed by atoms with Crippen LogP contribution in [0.15, 0.2) is 24.3 Å². The second-order valence-corrected chi connectivity index (χ2v) is 4.61. The van der Waals surface area contributed by atoms with Crippen molar-refractivity contribution < 1.29 is 14.2 Å². The first-order chi connectivity index (χ1) is 9.13. The highest BCUT2D eigenvalue weighted by atomic mass is 16.8. The van der Waals surface area contributed by atoms with Crippen molar-refractivity contribution in [2.24, 2.45) is 0 Å². The smallest absolute Gasteiger partial charge is 0.265 e.